The number of carboxylic acids is 1. The number of carboxylic acid groups (broad SMARTS) is 1. The molecule has 0 saturated carbocycles. The topological polar surface area (TPSA) is 84.9 Å². The molecule has 0 fully saturated rings. The first-order chi connectivity index (χ1) is 10.1. The minimum Gasteiger partial charge on any atom is -0.478 e. The molecule has 2 aromatic rings. The second-order valence-corrected chi connectivity index (χ2v) is 4.15. The Morgan fingerprint density at radius 2 is 1.71 bits per heavy atom. The average Bonchev–Trinajstić information content (AvgIpc) is 2.46. The average molecular weight is 287 g/mol. The van der Waals surface area contributed by atoms with Gasteiger partial charge in [0.25, 0.3) is 0 Å². The van der Waals surface area contributed by atoms with Crippen molar-refractivity contribution in [2.75, 3.05) is 5.32 Å². The van der Waals surface area contributed by atoms with Gasteiger partial charge >= 0.3 is 5.97 Å². The molecule has 0 atom stereocenters. The molecule has 1 amide bonds. The van der Waals surface area contributed by atoms with E-state index in [1.54, 1.807) is 30.3 Å². The molecule has 0 aliphatic rings. The minimum absolute atomic E-state index is 0.0657. The van der Waals surface area contributed by atoms with Gasteiger partial charge in [-0.25, -0.2) is 4.79 Å². The molecule has 2 N–H and O–H groups in total. The SMILES string of the molecule is CC(=O)Nc1cccc(C(=O)O)c1OOc1ccccc1. The lowest BCUT2D eigenvalue weighted by Crippen LogP contribution is -2.12. The zero-order valence-electron chi connectivity index (χ0n) is 11.2. The van der Waals surface area contributed by atoms with Crippen LogP contribution in [-0.4, -0.2) is 17.0 Å². The summed E-state index contributed by atoms with van der Waals surface area (Å²) < 4.78 is 0. The van der Waals surface area contributed by atoms with Crippen LogP contribution >= 0.6 is 0 Å². The van der Waals surface area contributed by atoms with E-state index in [2.05, 4.69) is 5.32 Å². The van der Waals surface area contributed by atoms with E-state index in [0.29, 0.717) is 5.75 Å². The molecule has 21 heavy (non-hydrogen) atoms. The van der Waals surface area contributed by atoms with Gasteiger partial charge in [0.05, 0.1) is 5.69 Å². The Morgan fingerprint density at radius 1 is 1.00 bits per heavy atom. The van der Waals surface area contributed by atoms with Gasteiger partial charge in [-0.15, -0.1) is 0 Å². The molecule has 0 bridgehead atoms. The number of carbonyl (C=O) groups is 2. The summed E-state index contributed by atoms with van der Waals surface area (Å²) in [6.45, 7) is 1.31. The smallest absolute Gasteiger partial charge is 0.339 e. The van der Waals surface area contributed by atoms with Crippen molar-refractivity contribution in [1.29, 1.82) is 0 Å². The first kappa shape index (κ1) is 14.4. The number of rotatable bonds is 5. The van der Waals surface area contributed by atoms with E-state index >= 15 is 0 Å². The van der Waals surface area contributed by atoms with Crippen LogP contribution in [0.1, 0.15) is 17.3 Å². The summed E-state index contributed by atoms with van der Waals surface area (Å²) in [7, 11) is 0. The van der Waals surface area contributed by atoms with Crippen molar-refractivity contribution in [3.63, 3.8) is 0 Å². The second kappa shape index (κ2) is 6.42. The summed E-state index contributed by atoms with van der Waals surface area (Å²) >= 11 is 0. The number of para-hydroxylation sites is 2. The Kier molecular flexibility index (Phi) is 4.40. The molecule has 0 heterocycles. The van der Waals surface area contributed by atoms with E-state index in [1.165, 1.54) is 25.1 Å². The van der Waals surface area contributed by atoms with Gasteiger partial charge in [0.1, 0.15) is 5.56 Å². The predicted molar refractivity (Wildman–Crippen MR) is 75.4 cm³/mol. The number of hydrogen-bond donors (Lipinski definition) is 2. The Balaban J connectivity index is 2.30. The number of hydrogen-bond acceptors (Lipinski definition) is 4. The summed E-state index contributed by atoms with van der Waals surface area (Å²) in [6.07, 6.45) is 0. The fraction of sp³-hybridized carbons (Fsp3) is 0.0667. The van der Waals surface area contributed by atoms with E-state index in [9.17, 15) is 14.7 Å². The Morgan fingerprint density at radius 3 is 2.33 bits per heavy atom. The molecule has 0 aliphatic carbocycles. The lowest BCUT2D eigenvalue weighted by molar-refractivity contribution is -0.114. The third kappa shape index (κ3) is 3.73. The first-order valence-corrected chi connectivity index (χ1v) is 6.11. The molecule has 6 nitrogen and oxygen atoms in total. The van der Waals surface area contributed by atoms with Crippen LogP contribution in [0, 0.1) is 0 Å². The number of carbonyl (C=O) groups excluding carboxylic acids is 1. The normalized spacial score (nSPS) is 9.76. The number of benzene rings is 2. The fourth-order valence-corrected chi connectivity index (χ4v) is 1.65. The minimum atomic E-state index is -1.19. The maximum atomic E-state index is 11.2. The summed E-state index contributed by atoms with van der Waals surface area (Å²) in [6, 6.07) is 13.0. The van der Waals surface area contributed by atoms with Gasteiger partial charge in [0.2, 0.25) is 11.7 Å². The van der Waals surface area contributed by atoms with Crippen molar-refractivity contribution in [2.45, 2.75) is 6.92 Å². The van der Waals surface area contributed by atoms with Crippen molar-refractivity contribution in [3.05, 3.63) is 54.1 Å². The van der Waals surface area contributed by atoms with Gasteiger partial charge in [-0.05, 0) is 24.3 Å². The molecule has 6 heteroatoms. The van der Waals surface area contributed by atoms with Crippen LogP contribution < -0.4 is 15.1 Å². The molecule has 0 unspecified atom stereocenters. The predicted octanol–water partition coefficient (Wildman–Crippen LogP) is 2.72. The van der Waals surface area contributed by atoms with E-state index in [-0.39, 0.29) is 22.9 Å². The van der Waals surface area contributed by atoms with Crippen LogP contribution in [0.4, 0.5) is 5.69 Å². The quantitative estimate of drug-likeness (QED) is 0.652. The van der Waals surface area contributed by atoms with Gasteiger partial charge in [-0.1, -0.05) is 24.3 Å². The molecule has 2 aromatic carbocycles. The van der Waals surface area contributed by atoms with Crippen molar-refractivity contribution < 1.29 is 24.5 Å². The van der Waals surface area contributed by atoms with Crippen LogP contribution in [-0.2, 0) is 4.79 Å². The molecule has 2 rings (SSSR count). The highest BCUT2D eigenvalue weighted by Crippen LogP contribution is 2.30. The molecule has 0 aromatic heterocycles. The standard InChI is InChI=1S/C15H13NO5/c1-10(17)16-13-9-5-8-12(15(18)19)14(13)21-20-11-6-3-2-4-7-11/h2-9H,1H3,(H,16,17)(H,18,19). The Hall–Kier alpha value is -3.02. The van der Waals surface area contributed by atoms with E-state index in [1.807, 2.05) is 0 Å². The molecule has 0 spiro atoms. The summed E-state index contributed by atoms with van der Waals surface area (Å²) in [5, 5.41) is 11.7. The number of anilines is 1. The molecular weight excluding hydrogens is 274 g/mol. The lowest BCUT2D eigenvalue weighted by Gasteiger charge is -2.12. The number of aromatic carboxylic acids is 1. The zero-order valence-corrected chi connectivity index (χ0v) is 11.2. The molecule has 0 saturated heterocycles. The Labute approximate surface area is 120 Å². The van der Waals surface area contributed by atoms with Crippen LogP contribution in [0.25, 0.3) is 0 Å². The number of amides is 1. The summed E-state index contributed by atoms with van der Waals surface area (Å²) in [5.74, 6) is -1.19. The fourth-order valence-electron chi connectivity index (χ4n) is 1.65. The van der Waals surface area contributed by atoms with E-state index < -0.39 is 5.97 Å². The Bertz CT molecular complexity index is 654. The van der Waals surface area contributed by atoms with Crippen molar-refractivity contribution in [2.24, 2.45) is 0 Å². The van der Waals surface area contributed by atoms with E-state index in [0.717, 1.165) is 0 Å². The van der Waals surface area contributed by atoms with Gasteiger partial charge in [0, 0.05) is 6.92 Å². The van der Waals surface area contributed by atoms with Crippen molar-refractivity contribution in [3.8, 4) is 11.5 Å². The summed E-state index contributed by atoms with van der Waals surface area (Å²) in [4.78, 5) is 32.6. The van der Waals surface area contributed by atoms with Crippen LogP contribution in [0.15, 0.2) is 48.5 Å². The molecule has 0 aliphatic heterocycles. The lowest BCUT2D eigenvalue weighted by atomic mass is 10.1. The van der Waals surface area contributed by atoms with Gasteiger partial charge in [-0.2, -0.15) is 0 Å². The molecule has 108 valence electrons. The van der Waals surface area contributed by atoms with Crippen LogP contribution in [0.3, 0.4) is 0 Å². The van der Waals surface area contributed by atoms with Crippen LogP contribution in [0.5, 0.6) is 11.5 Å². The van der Waals surface area contributed by atoms with Gasteiger partial charge in [0.15, 0.2) is 5.75 Å². The second-order valence-electron chi connectivity index (χ2n) is 4.15. The third-order valence-electron chi connectivity index (χ3n) is 2.52. The van der Waals surface area contributed by atoms with E-state index in [4.69, 9.17) is 9.78 Å². The van der Waals surface area contributed by atoms with Gasteiger partial charge in [-0.3, -0.25) is 14.6 Å². The summed E-state index contributed by atoms with van der Waals surface area (Å²) in [5.41, 5.74) is 0.107. The largest absolute Gasteiger partial charge is 0.478 e. The monoisotopic (exact) mass is 287 g/mol. The van der Waals surface area contributed by atoms with Gasteiger partial charge < -0.3 is 10.4 Å². The maximum absolute atomic E-state index is 11.2. The maximum Gasteiger partial charge on any atom is 0.339 e. The first-order valence-electron chi connectivity index (χ1n) is 6.11. The molecular formula is C15H13NO5. The molecule has 0 radical (unpaired) electrons. The van der Waals surface area contributed by atoms with Crippen molar-refractivity contribution >= 4 is 17.6 Å². The zero-order chi connectivity index (χ0) is 15.2. The van der Waals surface area contributed by atoms with Crippen LogP contribution in [0.2, 0.25) is 0 Å². The highest BCUT2D eigenvalue weighted by Gasteiger charge is 2.18. The highest BCUT2D eigenvalue weighted by molar-refractivity contribution is 5.97. The number of nitrogens with one attached hydrogen (secondary N) is 1. The third-order valence-corrected chi connectivity index (χ3v) is 2.52. The highest BCUT2D eigenvalue weighted by atomic mass is 17.2. The van der Waals surface area contributed by atoms with Crippen molar-refractivity contribution in [1.82, 2.24) is 0 Å².